The SMILES string of the molecule is CN(C)CCOCCNc1cc(C#N)cc(Cl)n1. The number of hydrogen-bond donors (Lipinski definition) is 1. The van der Waals surface area contributed by atoms with E-state index < -0.39 is 0 Å². The third-order valence-corrected chi connectivity index (χ3v) is 2.35. The number of nitrogens with one attached hydrogen (secondary N) is 1. The van der Waals surface area contributed by atoms with E-state index in [1.54, 1.807) is 6.07 Å². The quantitative estimate of drug-likeness (QED) is 0.601. The van der Waals surface area contributed by atoms with Crippen molar-refractivity contribution in [3.63, 3.8) is 0 Å². The van der Waals surface area contributed by atoms with Gasteiger partial charge in [0.25, 0.3) is 0 Å². The molecule has 1 rings (SSSR count). The fraction of sp³-hybridized carbons (Fsp3) is 0.500. The summed E-state index contributed by atoms with van der Waals surface area (Å²) in [6.45, 7) is 2.81. The minimum absolute atomic E-state index is 0.310. The predicted octanol–water partition coefficient (Wildman–Crippen LogP) is 1.60. The fourth-order valence-electron chi connectivity index (χ4n) is 1.25. The van der Waals surface area contributed by atoms with Crippen LogP contribution in [0.2, 0.25) is 5.15 Å². The van der Waals surface area contributed by atoms with Gasteiger partial charge in [-0.25, -0.2) is 4.98 Å². The number of likely N-dealkylation sites (N-methyl/N-ethyl adjacent to an activating group) is 1. The number of nitriles is 1. The third kappa shape index (κ3) is 5.82. The number of aromatic nitrogens is 1. The zero-order valence-electron chi connectivity index (χ0n) is 10.6. The van der Waals surface area contributed by atoms with Crippen LogP contribution in [0.1, 0.15) is 5.56 Å². The molecular weight excluding hydrogens is 252 g/mol. The van der Waals surface area contributed by atoms with Crippen LogP contribution in [0.3, 0.4) is 0 Å². The maximum atomic E-state index is 8.79. The zero-order chi connectivity index (χ0) is 13.4. The summed E-state index contributed by atoms with van der Waals surface area (Å²) in [6, 6.07) is 5.22. The van der Waals surface area contributed by atoms with Crippen molar-refractivity contribution in [3.8, 4) is 6.07 Å². The van der Waals surface area contributed by atoms with E-state index in [1.165, 1.54) is 6.07 Å². The Labute approximate surface area is 112 Å². The summed E-state index contributed by atoms with van der Waals surface area (Å²) in [4.78, 5) is 6.13. The number of hydrogen-bond acceptors (Lipinski definition) is 5. The molecule has 18 heavy (non-hydrogen) atoms. The van der Waals surface area contributed by atoms with Crippen molar-refractivity contribution in [2.24, 2.45) is 0 Å². The molecule has 0 amide bonds. The van der Waals surface area contributed by atoms with Crippen molar-refractivity contribution in [1.29, 1.82) is 5.26 Å². The molecule has 0 aliphatic rings. The smallest absolute Gasteiger partial charge is 0.132 e. The van der Waals surface area contributed by atoms with E-state index in [0.29, 0.717) is 36.3 Å². The summed E-state index contributed by atoms with van der Waals surface area (Å²) in [5, 5.41) is 12.2. The van der Waals surface area contributed by atoms with Gasteiger partial charge in [-0.3, -0.25) is 0 Å². The number of rotatable bonds is 7. The molecule has 1 heterocycles. The van der Waals surface area contributed by atoms with E-state index in [2.05, 4.69) is 15.2 Å². The second-order valence-corrected chi connectivity index (χ2v) is 4.41. The van der Waals surface area contributed by atoms with Gasteiger partial charge in [0.2, 0.25) is 0 Å². The molecule has 0 aliphatic carbocycles. The van der Waals surface area contributed by atoms with Gasteiger partial charge >= 0.3 is 0 Å². The summed E-state index contributed by atoms with van der Waals surface area (Å²) in [7, 11) is 4.00. The Kier molecular flexibility index (Phi) is 6.44. The largest absolute Gasteiger partial charge is 0.378 e. The molecule has 0 aliphatic heterocycles. The van der Waals surface area contributed by atoms with E-state index in [4.69, 9.17) is 21.6 Å². The molecular formula is C12H17ClN4O. The van der Waals surface area contributed by atoms with E-state index >= 15 is 0 Å². The lowest BCUT2D eigenvalue weighted by Crippen LogP contribution is -2.20. The van der Waals surface area contributed by atoms with Crippen LogP contribution in [0.25, 0.3) is 0 Å². The molecule has 98 valence electrons. The third-order valence-electron chi connectivity index (χ3n) is 2.16. The number of ether oxygens (including phenoxy) is 1. The number of nitrogens with zero attached hydrogens (tertiary/aromatic N) is 3. The summed E-state index contributed by atoms with van der Waals surface area (Å²) < 4.78 is 5.42. The minimum atomic E-state index is 0.310. The van der Waals surface area contributed by atoms with Crippen LogP contribution in [0.4, 0.5) is 5.82 Å². The summed E-state index contributed by atoms with van der Waals surface area (Å²) >= 11 is 5.79. The predicted molar refractivity (Wildman–Crippen MR) is 71.8 cm³/mol. The van der Waals surface area contributed by atoms with Gasteiger partial charge in [-0.15, -0.1) is 0 Å². The topological polar surface area (TPSA) is 61.2 Å². The van der Waals surface area contributed by atoms with Gasteiger partial charge in [-0.1, -0.05) is 11.6 Å². The summed E-state index contributed by atoms with van der Waals surface area (Å²) in [5.74, 6) is 0.593. The van der Waals surface area contributed by atoms with E-state index in [0.717, 1.165) is 6.54 Å². The standard InChI is InChI=1S/C12H17ClN4O/c1-17(2)4-6-18-5-3-15-12-8-10(9-14)7-11(13)16-12/h7-8H,3-6H2,1-2H3,(H,15,16). The highest BCUT2D eigenvalue weighted by Crippen LogP contribution is 2.13. The normalized spacial score (nSPS) is 10.4. The molecule has 0 radical (unpaired) electrons. The van der Waals surface area contributed by atoms with E-state index in [-0.39, 0.29) is 0 Å². The van der Waals surface area contributed by atoms with E-state index in [1.807, 2.05) is 20.2 Å². The Morgan fingerprint density at radius 1 is 1.44 bits per heavy atom. The van der Waals surface area contributed by atoms with Crippen molar-refractivity contribution >= 4 is 17.4 Å². The Bertz CT molecular complexity index is 417. The Hall–Kier alpha value is -1.35. The van der Waals surface area contributed by atoms with Gasteiger partial charge in [0.05, 0.1) is 24.8 Å². The van der Waals surface area contributed by atoms with Crippen LogP contribution in [0, 0.1) is 11.3 Å². The van der Waals surface area contributed by atoms with Crippen LogP contribution in [0.15, 0.2) is 12.1 Å². The first-order chi connectivity index (χ1) is 8.61. The molecule has 0 saturated heterocycles. The van der Waals surface area contributed by atoms with Gasteiger partial charge in [0, 0.05) is 13.1 Å². The van der Waals surface area contributed by atoms with Gasteiger partial charge in [0.15, 0.2) is 0 Å². The maximum Gasteiger partial charge on any atom is 0.132 e. The van der Waals surface area contributed by atoms with Crippen LogP contribution in [0.5, 0.6) is 0 Å². The van der Waals surface area contributed by atoms with Gasteiger partial charge in [-0.05, 0) is 26.2 Å². The molecule has 0 unspecified atom stereocenters. The first kappa shape index (κ1) is 14.7. The molecule has 1 aromatic heterocycles. The number of halogens is 1. The van der Waals surface area contributed by atoms with Gasteiger partial charge in [0.1, 0.15) is 11.0 Å². The molecule has 0 spiro atoms. The van der Waals surface area contributed by atoms with E-state index in [9.17, 15) is 0 Å². The van der Waals surface area contributed by atoms with Crippen LogP contribution < -0.4 is 5.32 Å². The van der Waals surface area contributed by atoms with Gasteiger partial charge in [-0.2, -0.15) is 5.26 Å². The maximum absolute atomic E-state index is 8.79. The molecule has 1 N–H and O–H groups in total. The lowest BCUT2D eigenvalue weighted by molar-refractivity contribution is 0.126. The molecule has 0 aromatic carbocycles. The van der Waals surface area contributed by atoms with Crippen molar-refractivity contribution in [3.05, 3.63) is 22.8 Å². The van der Waals surface area contributed by atoms with Crippen molar-refractivity contribution in [2.45, 2.75) is 0 Å². The van der Waals surface area contributed by atoms with Crippen molar-refractivity contribution in [1.82, 2.24) is 9.88 Å². The van der Waals surface area contributed by atoms with Crippen molar-refractivity contribution in [2.75, 3.05) is 45.7 Å². The second kappa shape index (κ2) is 7.88. The Morgan fingerprint density at radius 2 is 2.22 bits per heavy atom. The minimum Gasteiger partial charge on any atom is -0.378 e. The van der Waals surface area contributed by atoms with Crippen LogP contribution in [-0.4, -0.2) is 50.3 Å². The Morgan fingerprint density at radius 3 is 2.89 bits per heavy atom. The number of anilines is 1. The fourth-order valence-corrected chi connectivity index (χ4v) is 1.46. The summed E-state index contributed by atoms with van der Waals surface area (Å²) in [6.07, 6.45) is 0. The average Bonchev–Trinajstić information content (AvgIpc) is 2.32. The summed E-state index contributed by atoms with van der Waals surface area (Å²) in [5.41, 5.74) is 0.492. The lowest BCUT2D eigenvalue weighted by Gasteiger charge is -2.10. The molecule has 0 atom stereocenters. The first-order valence-electron chi connectivity index (χ1n) is 5.66. The highest BCUT2D eigenvalue weighted by atomic mass is 35.5. The van der Waals surface area contributed by atoms with Crippen LogP contribution in [-0.2, 0) is 4.74 Å². The number of pyridine rings is 1. The monoisotopic (exact) mass is 268 g/mol. The molecule has 0 fully saturated rings. The molecule has 6 heteroatoms. The highest BCUT2D eigenvalue weighted by Gasteiger charge is 2.00. The van der Waals surface area contributed by atoms with Crippen molar-refractivity contribution < 1.29 is 4.74 Å². The molecule has 5 nitrogen and oxygen atoms in total. The molecule has 0 bridgehead atoms. The lowest BCUT2D eigenvalue weighted by atomic mass is 10.3. The molecule has 0 saturated carbocycles. The highest BCUT2D eigenvalue weighted by molar-refractivity contribution is 6.29. The second-order valence-electron chi connectivity index (χ2n) is 4.02. The Balaban J connectivity index is 2.27. The zero-order valence-corrected chi connectivity index (χ0v) is 11.4. The first-order valence-corrected chi connectivity index (χ1v) is 6.03. The van der Waals surface area contributed by atoms with Crippen LogP contribution >= 0.6 is 11.6 Å². The molecule has 1 aromatic rings. The average molecular weight is 269 g/mol. The van der Waals surface area contributed by atoms with Gasteiger partial charge < -0.3 is 15.0 Å².